The highest BCUT2D eigenvalue weighted by atomic mass is 16.5. The second-order valence-electron chi connectivity index (χ2n) is 9.22. The largest absolute Gasteiger partial charge is 0.507 e. The van der Waals surface area contributed by atoms with Crippen molar-refractivity contribution in [2.24, 2.45) is 0 Å². The van der Waals surface area contributed by atoms with Crippen LogP contribution in [0.25, 0.3) is 5.76 Å². The van der Waals surface area contributed by atoms with Crippen LogP contribution in [-0.4, -0.2) is 44.6 Å². The molecule has 1 unspecified atom stereocenters. The fourth-order valence-corrected chi connectivity index (χ4v) is 4.65. The third kappa shape index (κ3) is 4.77. The molecule has 0 aliphatic carbocycles. The number of anilines is 2. The van der Waals surface area contributed by atoms with Gasteiger partial charge in [0, 0.05) is 31.0 Å². The number of ether oxygens (including phenoxy) is 2. The Balaban J connectivity index is 1.92. The van der Waals surface area contributed by atoms with Gasteiger partial charge >= 0.3 is 0 Å². The molecule has 1 fully saturated rings. The van der Waals surface area contributed by atoms with Crippen LogP contribution in [-0.2, 0) is 9.59 Å². The number of rotatable bonds is 7. The van der Waals surface area contributed by atoms with Crippen LogP contribution < -0.4 is 19.3 Å². The lowest BCUT2D eigenvalue weighted by molar-refractivity contribution is -0.132. The van der Waals surface area contributed by atoms with Gasteiger partial charge in [0.25, 0.3) is 11.7 Å². The molecule has 1 amide bonds. The standard InChI is InChI=1S/C30H32N2O5/c1-7-37-23-14-8-20(9-15-23)27-26(28(33)24-16-19(3)25(36-6)17-18(24)2)29(34)30(35)32(27)22-12-10-21(11-13-22)31(4)5/h8-17,27,33H,7H2,1-6H3/b28-26+. The Kier molecular flexibility index (Phi) is 7.25. The van der Waals surface area contributed by atoms with Gasteiger partial charge in [-0.2, -0.15) is 0 Å². The van der Waals surface area contributed by atoms with Crippen molar-refractivity contribution in [1.82, 2.24) is 0 Å². The molecule has 0 bridgehead atoms. The molecule has 0 aromatic heterocycles. The molecule has 7 nitrogen and oxygen atoms in total. The normalized spacial score (nSPS) is 16.7. The van der Waals surface area contributed by atoms with Crippen molar-refractivity contribution >= 4 is 28.8 Å². The van der Waals surface area contributed by atoms with Gasteiger partial charge < -0.3 is 19.5 Å². The van der Waals surface area contributed by atoms with E-state index in [9.17, 15) is 14.7 Å². The predicted octanol–water partition coefficient (Wildman–Crippen LogP) is 5.40. The molecule has 3 aromatic carbocycles. The van der Waals surface area contributed by atoms with E-state index in [1.807, 2.05) is 82.2 Å². The highest BCUT2D eigenvalue weighted by molar-refractivity contribution is 6.51. The topological polar surface area (TPSA) is 79.3 Å². The number of aliphatic hydroxyl groups is 1. The van der Waals surface area contributed by atoms with Crippen LogP contribution >= 0.6 is 0 Å². The molecule has 7 heteroatoms. The van der Waals surface area contributed by atoms with Crippen LogP contribution in [0.2, 0.25) is 0 Å². The molecule has 3 aromatic rings. The smallest absolute Gasteiger partial charge is 0.300 e. The monoisotopic (exact) mass is 500 g/mol. The third-order valence-electron chi connectivity index (χ3n) is 6.59. The zero-order valence-electron chi connectivity index (χ0n) is 22.0. The minimum absolute atomic E-state index is 0.0403. The summed E-state index contributed by atoms with van der Waals surface area (Å²) in [5.41, 5.74) is 4.26. The van der Waals surface area contributed by atoms with Gasteiger partial charge in [0.05, 0.1) is 25.3 Å². The second kappa shape index (κ2) is 10.4. The summed E-state index contributed by atoms with van der Waals surface area (Å²) in [7, 11) is 5.45. The van der Waals surface area contributed by atoms with Crippen LogP contribution in [0.3, 0.4) is 0 Å². The highest BCUT2D eigenvalue weighted by Crippen LogP contribution is 2.43. The summed E-state index contributed by atoms with van der Waals surface area (Å²) in [6.07, 6.45) is 0. The number of benzene rings is 3. The first kappa shape index (κ1) is 25.8. The third-order valence-corrected chi connectivity index (χ3v) is 6.59. The SMILES string of the molecule is CCOc1ccc(C2/C(=C(\O)c3cc(C)c(OC)cc3C)C(=O)C(=O)N2c2ccc(N(C)C)cc2)cc1. The lowest BCUT2D eigenvalue weighted by Gasteiger charge is -2.26. The summed E-state index contributed by atoms with van der Waals surface area (Å²) in [5.74, 6) is -0.284. The Labute approximate surface area is 217 Å². The van der Waals surface area contributed by atoms with Gasteiger partial charge in [-0.15, -0.1) is 0 Å². The van der Waals surface area contributed by atoms with Crippen LogP contribution in [0.15, 0.2) is 66.2 Å². The molecule has 192 valence electrons. The van der Waals surface area contributed by atoms with Gasteiger partial charge in [-0.25, -0.2) is 0 Å². The predicted molar refractivity (Wildman–Crippen MR) is 146 cm³/mol. The number of hydrogen-bond donors (Lipinski definition) is 1. The van der Waals surface area contributed by atoms with Crippen LogP contribution in [0.1, 0.15) is 35.2 Å². The Morgan fingerprint density at radius 1 is 0.973 bits per heavy atom. The number of hydrogen-bond acceptors (Lipinski definition) is 6. The van der Waals surface area contributed by atoms with Crippen LogP contribution in [0, 0.1) is 13.8 Å². The molecule has 4 rings (SSSR count). The molecule has 1 aliphatic rings. The average molecular weight is 501 g/mol. The van der Waals surface area contributed by atoms with Gasteiger partial charge in [0.1, 0.15) is 17.3 Å². The lowest BCUT2D eigenvalue weighted by atomic mass is 9.93. The summed E-state index contributed by atoms with van der Waals surface area (Å²) < 4.78 is 11.0. The quantitative estimate of drug-likeness (QED) is 0.266. The first-order chi connectivity index (χ1) is 17.7. The maximum Gasteiger partial charge on any atom is 0.300 e. The van der Waals surface area contributed by atoms with E-state index in [1.54, 1.807) is 25.3 Å². The first-order valence-electron chi connectivity index (χ1n) is 12.1. The summed E-state index contributed by atoms with van der Waals surface area (Å²) in [5, 5.41) is 11.5. The number of amides is 1. The number of aryl methyl sites for hydroxylation is 2. The number of methoxy groups -OCH3 is 1. The van der Waals surface area contributed by atoms with Crippen LogP contribution in [0.4, 0.5) is 11.4 Å². The second-order valence-corrected chi connectivity index (χ2v) is 9.22. The van der Waals surface area contributed by atoms with E-state index in [0.29, 0.717) is 34.9 Å². The molecule has 1 saturated heterocycles. The summed E-state index contributed by atoms with van der Waals surface area (Å²) in [6, 6.07) is 17.4. The van der Waals surface area contributed by atoms with Crippen molar-refractivity contribution in [3.8, 4) is 11.5 Å². The number of nitrogens with zero attached hydrogens (tertiary/aromatic N) is 2. The fraction of sp³-hybridized carbons (Fsp3) is 0.267. The Bertz CT molecular complexity index is 1360. The molecule has 37 heavy (non-hydrogen) atoms. The van der Waals surface area contributed by atoms with E-state index in [-0.39, 0.29) is 11.3 Å². The van der Waals surface area contributed by atoms with E-state index in [2.05, 4.69) is 0 Å². The minimum Gasteiger partial charge on any atom is -0.507 e. The van der Waals surface area contributed by atoms with E-state index in [1.165, 1.54) is 4.90 Å². The van der Waals surface area contributed by atoms with E-state index in [0.717, 1.165) is 16.8 Å². The van der Waals surface area contributed by atoms with Crippen LogP contribution in [0.5, 0.6) is 11.5 Å². The maximum absolute atomic E-state index is 13.5. The number of carbonyl (C=O) groups excluding carboxylic acids is 2. The molecule has 0 saturated carbocycles. The Morgan fingerprint density at radius 3 is 2.19 bits per heavy atom. The maximum atomic E-state index is 13.5. The highest BCUT2D eigenvalue weighted by Gasteiger charge is 2.47. The number of carbonyl (C=O) groups is 2. The summed E-state index contributed by atoms with van der Waals surface area (Å²) in [6.45, 7) is 6.12. The number of Topliss-reactive ketones (excluding diaryl/α,β-unsaturated/α-hetero) is 1. The zero-order valence-corrected chi connectivity index (χ0v) is 22.0. The van der Waals surface area contributed by atoms with Crippen molar-refractivity contribution in [2.45, 2.75) is 26.8 Å². The van der Waals surface area contributed by atoms with Gasteiger partial charge in [0.2, 0.25) is 0 Å². The van der Waals surface area contributed by atoms with Crippen molar-refractivity contribution < 1.29 is 24.2 Å². The zero-order chi connectivity index (χ0) is 26.9. The number of ketones is 1. The van der Waals surface area contributed by atoms with E-state index < -0.39 is 17.7 Å². The van der Waals surface area contributed by atoms with Gasteiger partial charge in [-0.05, 0) is 86.0 Å². The van der Waals surface area contributed by atoms with E-state index >= 15 is 0 Å². The average Bonchev–Trinajstić information content (AvgIpc) is 3.15. The van der Waals surface area contributed by atoms with Crippen molar-refractivity contribution in [3.05, 3.63) is 88.5 Å². The van der Waals surface area contributed by atoms with Crippen molar-refractivity contribution in [2.75, 3.05) is 37.6 Å². The lowest BCUT2D eigenvalue weighted by Crippen LogP contribution is -2.29. The molecule has 1 atom stereocenters. The minimum atomic E-state index is -0.817. The number of aliphatic hydroxyl groups excluding tert-OH is 1. The molecule has 1 heterocycles. The Hall–Kier alpha value is -4.26. The fourth-order valence-electron chi connectivity index (χ4n) is 4.65. The van der Waals surface area contributed by atoms with Gasteiger partial charge in [0.15, 0.2) is 0 Å². The molecule has 1 aliphatic heterocycles. The summed E-state index contributed by atoms with van der Waals surface area (Å²) in [4.78, 5) is 30.3. The molecule has 0 spiro atoms. The van der Waals surface area contributed by atoms with Crippen molar-refractivity contribution in [1.29, 1.82) is 0 Å². The van der Waals surface area contributed by atoms with E-state index in [4.69, 9.17) is 9.47 Å². The van der Waals surface area contributed by atoms with Gasteiger partial charge in [-0.1, -0.05) is 12.1 Å². The van der Waals surface area contributed by atoms with Crippen molar-refractivity contribution in [3.63, 3.8) is 0 Å². The Morgan fingerprint density at radius 2 is 1.62 bits per heavy atom. The molecule has 0 radical (unpaired) electrons. The first-order valence-corrected chi connectivity index (χ1v) is 12.1. The van der Waals surface area contributed by atoms with Gasteiger partial charge in [-0.3, -0.25) is 14.5 Å². The molecule has 1 N–H and O–H groups in total. The summed E-state index contributed by atoms with van der Waals surface area (Å²) >= 11 is 0. The molecular weight excluding hydrogens is 468 g/mol. The molecular formula is C30H32N2O5.